The number of benzene rings is 2. The second-order valence-corrected chi connectivity index (χ2v) is 11.2. The van der Waals surface area contributed by atoms with Crippen molar-refractivity contribution in [1.29, 1.82) is 0 Å². The molecule has 0 spiro atoms. The van der Waals surface area contributed by atoms with Gasteiger partial charge in [0, 0.05) is 18.8 Å². The number of esters is 1. The van der Waals surface area contributed by atoms with Gasteiger partial charge in [0.25, 0.3) is 0 Å². The normalized spacial score (nSPS) is 23.6. The van der Waals surface area contributed by atoms with E-state index in [2.05, 4.69) is 56.0 Å². The van der Waals surface area contributed by atoms with Crippen molar-refractivity contribution in [2.45, 2.75) is 77.2 Å². The van der Waals surface area contributed by atoms with Crippen molar-refractivity contribution in [2.24, 2.45) is 11.8 Å². The van der Waals surface area contributed by atoms with Gasteiger partial charge in [0.15, 0.2) is 0 Å². The van der Waals surface area contributed by atoms with Crippen molar-refractivity contribution in [3.8, 4) is 16.9 Å². The van der Waals surface area contributed by atoms with Crippen molar-refractivity contribution in [1.82, 2.24) is 0 Å². The maximum absolute atomic E-state index is 11.6. The van der Waals surface area contributed by atoms with Crippen LogP contribution in [-0.2, 0) is 20.7 Å². The summed E-state index contributed by atoms with van der Waals surface area (Å²) in [6.07, 6.45) is 9.43. The lowest BCUT2D eigenvalue weighted by Gasteiger charge is -2.37. The molecule has 2 aromatic rings. The predicted octanol–water partition coefficient (Wildman–Crippen LogP) is 6.87. The number of rotatable bonds is 11. The van der Waals surface area contributed by atoms with Gasteiger partial charge in [-0.15, -0.1) is 0 Å². The number of aliphatic hydroxyl groups is 1. The maximum atomic E-state index is 11.6. The molecule has 4 rings (SSSR count). The molecule has 1 aliphatic carbocycles. The highest BCUT2D eigenvalue weighted by Crippen LogP contribution is 2.40. The summed E-state index contributed by atoms with van der Waals surface area (Å²) in [5.74, 6) is 2.43. The van der Waals surface area contributed by atoms with Crippen LogP contribution in [0.5, 0.6) is 5.75 Å². The fourth-order valence-electron chi connectivity index (χ4n) is 5.80. The fourth-order valence-corrected chi connectivity index (χ4v) is 5.80. The fraction of sp³-hybridized carbons (Fsp3) is 0.545. The zero-order chi connectivity index (χ0) is 26.9. The van der Waals surface area contributed by atoms with Crippen LogP contribution in [0.2, 0.25) is 0 Å². The largest absolute Gasteiger partial charge is 0.490 e. The number of aliphatic hydroxyl groups excluding tert-OH is 1. The Hall–Kier alpha value is -2.63. The minimum atomic E-state index is -0.409. The molecule has 5 heteroatoms. The molecule has 1 N–H and O–H groups in total. The molecule has 2 atom stereocenters. The number of hydrogen-bond acceptors (Lipinski definition) is 5. The number of carbonyl (C=O) groups is 1. The first-order valence-corrected chi connectivity index (χ1v) is 14.4. The quantitative estimate of drug-likeness (QED) is 0.199. The van der Waals surface area contributed by atoms with Crippen LogP contribution >= 0.6 is 0 Å². The van der Waals surface area contributed by atoms with E-state index in [1.807, 2.05) is 0 Å². The van der Waals surface area contributed by atoms with Gasteiger partial charge in [-0.05, 0) is 104 Å². The van der Waals surface area contributed by atoms with E-state index in [0.717, 1.165) is 41.4 Å². The predicted molar refractivity (Wildman–Crippen MR) is 151 cm³/mol. The molecule has 2 fully saturated rings. The Morgan fingerprint density at radius 3 is 2.39 bits per heavy atom. The Balaban J connectivity index is 1.36. The Labute approximate surface area is 228 Å². The number of hydrogen-bond donors (Lipinski definition) is 1. The van der Waals surface area contributed by atoms with Gasteiger partial charge < -0.3 is 19.3 Å². The highest BCUT2D eigenvalue weighted by Gasteiger charge is 2.31. The Morgan fingerprint density at radius 2 is 1.74 bits per heavy atom. The third-order valence-corrected chi connectivity index (χ3v) is 8.15. The number of carbonyl (C=O) groups excluding carboxylic acids is 1. The van der Waals surface area contributed by atoms with Crippen LogP contribution in [0.3, 0.4) is 0 Å². The van der Waals surface area contributed by atoms with Crippen LogP contribution in [0.1, 0.15) is 75.8 Å². The van der Waals surface area contributed by atoms with E-state index in [-0.39, 0.29) is 19.8 Å². The molecule has 0 radical (unpaired) electrons. The second-order valence-electron chi connectivity index (χ2n) is 11.2. The van der Waals surface area contributed by atoms with Crippen LogP contribution in [0, 0.1) is 11.8 Å². The topological polar surface area (TPSA) is 65.0 Å². The van der Waals surface area contributed by atoms with Crippen LogP contribution in [0.15, 0.2) is 54.6 Å². The summed E-state index contributed by atoms with van der Waals surface area (Å²) in [5.41, 5.74) is 5.09. The lowest BCUT2D eigenvalue weighted by atomic mass is 9.75. The SMILES string of the molecule is C=C(C)C(=O)OCCOc1cc(-c2ccc(C3CCC(C4CCC(C)CO4)CC3)cc2)ccc1CCCO. The zero-order valence-electron chi connectivity index (χ0n) is 23.1. The van der Waals surface area contributed by atoms with Gasteiger partial charge in [0.05, 0.1) is 6.10 Å². The van der Waals surface area contributed by atoms with Gasteiger partial charge in [-0.1, -0.05) is 49.9 Å². The molecule has 0 bridgehead atoms. The van der Waals surface area contributed by atoms with E-state index >= 15 is 0 Å². The molecule has 1 aliphatic heterocycles. The van der Waals surface area contributed by atoms with Gasteiger partial charge >= 0.3 is 5.97 Å². The summed E-state index contributed by atoms with van der Waals surface area (Å²) < 4.78 is 17.4. The lowest BCUT2D eigenvalue weighted by Crippen LogP contribution is -2.33. The van der Waals surface area contributed by atoms with Crippen molar-refractivity contribution in [3.05, 3.63) is 65.7 Å². The molecule has 2 aliphatic rings. The second kappa shape index (κ2) is 14.0. The molecule has 206 valence electrons. The van der Waals surface area contributed by atoms with E-state index < -0.39 is 5.97 Å². The van der Waals surface area contributed by atoms with Crippen LogP contribution in [-0.4, -0.2) is 43.6 Å². The summed E-state index contributed by atoms with van der Waals surface area (Å²) in [5, 5.41) is 9.29. The van der Waals surface area contributed by atoms with E-state index in [0.29, 0.717) is 29.9 Å². The van der Waals surface area contributed by atoms with E-state index in [1.54, 1.807) is 6.92 Å². The van der Waals surface area contributed by atoms with E-state index in [1.165, 1.54) is 44.1 Å². The molecular formula is C33H44O5. The van der Waals surface area contributed by atoms with Gasteiger partial charge in [-0.3, -0.25) is 0 Å². The average molecular weight is 521 g/mol. The van der Waals surface area contributed by atoms with Gasteiger partial charge in [0.2, 0.25) is 0 Å². The standard InChI is InChI=1S/C33H44O5/c1-23(2)33(35)37-20-19-36-32-21-30(16-15-28(32)5-4-18-34)27-9-7-25(8-10-27)26-11-13-29(14-12-26)31-17-6-24(3)22-38-31/h7-10,15-16,21,24,26,29,31,34H,1,4-6,11-14,17-20,22H2,2-3H3. The van der Waals surface area contributed by atoms with Gasteiger partial charge in [-0.2, -0.15) is 0 Å². The first-order chi connectivity index (χ1) is 18.4. The third-order valence-electron chi connectivity index (χ3n) is 8.15. The van der Waals surface area contributed by atoms with E-state index in [4.69, 9.17) is 14.2 Å². The van der Waals surface area contributed by atoms with Gasteiger partial charge in [0.1, 0.15) is 19.0 Å². The third kappa shape index (κ3) is 7.70. The highest BCUT2D eigenvalue weighted by atomic mass is 16.6. The summed E-state index contributed by atoms with van der Waals surface area (Å²) >= 11 is 0. The Kier molecular flexibility index (Phi) is 10.4. The summed E-state index contributed by atoms with van der Waals surface area (Å²) in [4.78, 5) is 11.6. The van der Waals surface area contributed by atoms with Crippen molar-refractivity contribution < 1.29 is 24.1 Å². The molecule has 38 heavy (non-hydrogen) atoms. The number of aryl methyl sites for hydroxylation is 1. The first kappa shape index (κ1) is 28.4. The first-order valence-electron chi connectivity index (χ1n) is 14.4. The van der Waals surface area contributed by atoms with Crippen molar-refractivity contribution >= 4 is 5.97 Å². The Bertz CT molecular complexity index is 1040. The summed E-state index contributed by atoms with van der Waals surface area (Å²) in [6.45, 7) is 9.02. The monoisotopic (exact) mass is 520 g/mol. The molecule has 0 aromatic heterocycles. The van der Waals surface area contributed by atoms with Crippen LogP contribution in [0.4, 0.5) is 0 Å². The van der Waals surface area contributed by atoms with Crippen LogP contribution in [0.25, 0.3) is 11.1 Å². The molecule has 2 unspecified atom stereocenters. The van der Waals surface area contributed by atoms with Crippen molar-refractivity contribution in [2.75, 3.05) is 26.4 Å². The number of ether oxygens (including phenoxy) is 3. The van der Waals surface area contributed by atoms with Crippen LogP contribution < -0.4 is 4.74 Å². The minimum Gasteiger partial charge on any atom is -0.490 e. The Morgan fingerprint density at radius 1 is 1.00 bits per heavy atom. The molecule has 1 saturated heterocycles. The molecule has 1 saturated carbocycles. The van der Waals surface area contributed by atoms with Gasteiger partial charge in [-0.25, -0.2) is 4.79 Å². The zero-order valence-corrected chi connectivity index (χ0v) is 23.1. The average Bonchev–Trinajstić information content (AvgIpc) is 2.95. The smallest absolute Gasteiger partial charge is 0.333 e. The molecule has 2 aromatic carbocycles. The van der Waals surface area contributed by atoms with Crippen molar-refractivity contribution in [3.63, 3.8) is 0 Å². The molecule has 1 heterocycles. The summed E-state index contributed by atoms with van der Waals surface area (Å²) in [7, 11) is 0. The summed E-state index contributed by atoms with van der Waals surface area (Å²) in [6, 6.07) is 15.3. The molecular weight excluding hydrogens is 476 g/mol. The molecule has 5 nitrogen and oxygen atoms in total. The molecule has 0 amide bonds. The maximum Gasteiger partial charge on any atom is 0.333 e. The van der Waals surface area contributed by atoms with E-state index in [9.17, 15) is 9.90 Å². The lowest BCUT2D eigenvalue weighted by molar-refractivity contribution is -0.139. The minimum absolute atomic E-state index is 0.133. The highest BCUT2D eigenvalue weighted by molar-refractivity contribution is 5.86.